The monoisotopic (exact) mass is 405 g/mol. The Balaban J connectivity index is 1.88. The minimum atomic E-state index is -0.111. The van der Waals surface area contributed by atoms with E-state index in [1.54, 1.807) is 7.11 Å². The Kier molecular flexibility index (Phi) is 7.06. The van der Waals surface area contributed by atoms with Crippen molar-refractivity contribution in [1.82, 2.24) is 3.53 Å². The zero-order valence-electron chi connectivity index (χ0n) is 12.6. The molecule has 0 radical (unpaired) electrons. The normalized spacial score (nSPS) is 17.4. The van der Waals surface area contributed by atoms with Crippen LogP contribution < -0.4 is 13.0 Å². The van der Waals surface area contributed by atoms with Gasteiger partial charge in [-0.15, -0.1) is 0 Å². The Morgan fingerprint density at radius 3 is 2.52 bits per heavy atom. The number of methoxy groups -OCH3 is 1. The average molecular weight is 405 g/mol. The van der Waals surface area contributed by atoms with Crippen molar-refractivity contribution >= 4 is 22.9 Å². The predicted octanol–water partition coefficient (Wildman–Crippen LogP) is 3.73. The molecule has 0 saturated heterocycles. The maximum atomic E-state index is 5.96. The second kappa shape index (κ2) is 8.80. The van der Waals surface area contributed by atoms with Crippen molar-refractivity contribution in [2.75, 3.05) is 26.9 Å². The molecule has 1 N–H and O–H groups in total. The Hall–Kier alpha value is -0.530. The molecule has 0 unspecified atom stereocenters. The third-order valence-corrected chi connectivity index (χ3v) is 4.51. The molecular formula is C16H24INO3. The third-order valence-electron chi connectivity index (χ3n) is 3.97. The van der Waals surface area contributed by atoms with Crippen molar-refractivity contribution in [3.05, 3.63) is 24.3 Å². The standard InChI is InChI=1S/C16H24INO3/c1-19-16(8-3-2-4-9-16)13-21-15-7-5-6-14(12-15)20-11-10-18-17/h5-7,12,18H,2-4,8-11,13H2,1H3. The molecule has 5 heteroatoms. The van der Waals surface area contributed by atoms with Crippen LogP contribution in [0.1, 0.15) is 32.1 Å². The predicted molar refractivity (Wildman–Crippen MR) is 92.3 cm³/mol. The summed E-state index contributed by atoms with van der Waals surface area (Å²) in [6.45, 7) is 2.08. The smallest absolute Gasteiger partial charge is 0.123 e. The van der Waals surface area contributed by atoms with Crippen LogP contribution in [0.2, 0.25) is 0 Å². The highest BCUT2D eigenvalue weighted by molar-refractivity contribution is 14.1. The van der Waals surface area contributed by atoms with Gasteiger partial charge < -0.3 is 14.2 Å². The zero-order chi connectivity index (χ0) is 15.0. The van der Waals surface area contributed by atoms with Crippen LogP contribution in [-0.2, 0) is 4.74 Å². The molecule has 0 amide bonds. The van der Waals surface area contributed by atoms with Gasteiger partial charge in [0.25, 0.3) is 0 Å². The summed E-state index contributed by atoms with van der Waals surface area (Å²) in [5.74, 6) is 1.69. The summed E-state index contributed by atoms with van der Waals surface area (Å²) in [4.78, 5) is 0. The van der Waals surface area contributed by atoms with Crippen LogP contribution in [0.15, 0.2) is 24.3 Å². The molecule has 1 aromatic carbocycles. The van der Waals surface area contributed by atoms with Crippen LogP contribution in [0.4, 0.5) is 0 Å². The molecule has 0 atom stereocenters. The number of benzene rings is 1. The van der Waals surface area contributed by atoms with Gasteiger partial charge in [-0.2, -0.15) is 0 Å². The molecule has 1 aliphatic carbocycles. The third kappa shape index (κ3) is 5.30. The summed E-state index contributed by atoms with van der Waals surface area (Å²) >= 11 is 2.11. The second-order valence-corrected chi connectivity index (χ2v) is 6.21. The van der Waals surface area contributed by atoms with Crippen molar-refractivity contribution in [2.24, 2.45) is 0 Å². The van der Waals surface area contributed by atoms with Crippen LogP contribution in [0.3, 0.4) is 0 Å². The molecule has 4 nitrogen and oxygen atoms in total. The molecule has 1 aliphatic rings. The van der Waals surface area contributed by atoms with E-state index in [4.69, 9.17) is 14.2 Å². The van der Waals surface area contributed by atoms with Gasteiger partial charge in [-0.3, -0.25) is 3.53 Å². The first-order valence-electron chi connectivity index (χ1n) is 7.52. The summed E-state index contributed by atoms with van der Waals surface area (Å²) in [6, 6.07) is 7.82. The molecule has 0 heterocycles. The second-order valence-electron chi connectivity index (χ2n) is 5.44. The molecule has 1 saturated carbocycles. The lowest BCUT2D eigenvalue weighted by molar-refractivity contribution is -0.0687. The van der Waals surface area contributed by atoms with Gasteiger partial charge in [0.15, 0.2) is 0 Å². The van der Waals surface area contributed by atoms with E-state index in [0.29, 0.717) is 13.2 Å². The molecule has 0 spiro atoms. The van der Waals surface area contributed by atoms with Crippen LogP contribution in [0, 0.1) is 0 Å². The van der Waals surface area contributed by atoms with Crippen LogP contribution in [0.25, 0.3) is 0 Å². The van der Waals surface area contributed by atoms with Gasteiger partial charge >= 0.3 is 0 Å². The minimum absolute atomic E-state index is 0.111. The lowest BCUT2D eigenvalue weighted by Crippen LogP contribution is -2.40. The quantitative estimate of drug-likeness (QED) is 0.407. The molecule has 21 heavy (non-hydrogen) atoms. The molecule has 1 aromatic rings. The van der Waals surface area contributed by atoms with Gasteiger partial charge in [-0.05, 0) is 25.0 Å². The number of halogens is 1. The summed E-state index contributed by atoms with van der Waals surface area (Å²) < 4.78 is 20.4. The van der Waals surface area contributed by atoms with Crippen molar-refractivity contribution in [1.29, 1.82) is 0 Å². The number of hydrogen-bond acceptors (Lipinski definition) is 4. The summed E-state index contributed by atoms with van der Waals surface area (Å²) in [5, 5.41) is 0. The van der Waals surface area contributed by atoms with E-state index in [0.717, 1.165) is 30.9 Å². The Morgan fingerprint density at radius 2 is 1.86 bits per heavy atom. The minimum Gasteiger partial charge on any atom is -0.492 e. The van der Waals surface area contributed by atoms with Crippen molar-refractivity contribution in [3.63, 3.8) is 0 Å². The van der Waals surface area contributed by atoms with Gasteiger partial charge in [0, 0.05) is 42.6 Å². The first kappa shape index (κ1) is 16.8. The lowest BCUT2D eigenvalue weighted by atomic mass is 9.85. The van der Waals surface area contributed by atoms with E-state index >= 15 is 0 Å². The van der Waals surface area contributed by atoms with Crippen molar-refractivity contribution < 1.29 is 14.2 Å². The van der Waals surface area contributed by atoms with Gasteiger partial charge in [0.2, 0.25) is 0 Å². The zero-order valence-corrected chi connectivity index (χ0v) is 14.7. The molecule has 0 aliphatic heterocycles. The molecular weight excluding hydrogens is 381 g/mol. The van der Waals surface area contributed by atoms with Crippen LogP contribution in [0.5, 0.6) is 11.5 Å². The Bertz CT molecular complexity index is 422. The lowest BCUT2D eigenvalue weighted by Gasteiger charge is -2.35. The van der Waals surface area contributed by atoms with E-state index in [2.05, 4.69) is 26.4 Å². The highest BCUT2D eigenvalue weighted by atomic mass is 127. The van der Waals surface area contributed by atoms with E-state index in [1.807, 2.05) is 24.3 Å². The number of ether oxygens (including phenoxy) is 3. The van der Waals surface area contributed by atoms with Crippen molar-refractivity contribution in [3.8, 4) is 11.5 Å². The largest absolute Gasteiger partial charge is 0.492 e. The van der Waals surface area contributed by atoms with E-state index in [1.165, 1.54) is 19.3 Å². The maximum Gasteiger partial charge on any atom is 0.123 e. The number of hydrogen-bond donors (Lipinski definition) is 1. The van der Waals surface area contributed by atoms with Crippen LogP contribution >= 0.6 is 22.9 Å². The molecule has 0 aromatic heterocycles. The molecule has 1 fully saturated rings. The molecule has 2 rings (SSSR count). The summed E-state index contributed by atoms with van der Waals surface area (Å²) in [6.07, 6.45) is 5.93. The SMILES string of the molecule is COC1(COc2cccc(OCCNI)c2)CCCCC1. The fourth-order valence-electron chi connectivity index (χ4n) is 2.68. The van der Waals surface area contributed by atoms with Gasteiger partial charge in [0.1, 0.15) is 30.3 Å². The fourth-order valence-corrected chi connectivity index (χ4v) is 2.90. The highest BCUT2D eigenvalue weighted by Gasteiger charge is 2.32. The Morgan fingerprint density at radius 1 is 1.14 bits per heavy atom. The summed E-state index contributed by atoms with van der Waals surface area (Å²) in [5.41, 5.74) is -0.111. The molecule has 0 bridgehead atoms. The van der Waals surface area contributed by atoms with E-state index in [-0.39, 0.29) is 5.60 Å². The van der Waals surface area contributed by atoms with E-state index in [9.17, 15) is 0 Å². The van der Waals surface area contributed by atoms with Crippen molar-refractivity contribution in [2.45, 2.75) is 37.7 Å². The first-order valence-corrected chi connectivity index (χ1v) is 8.60. The fraction of sp³-hybridized carbons (Fsp3) is 0.625. The number of nitrogens with one attached hydrogen (secondary N) is 1. The highest BCUT2D eigenvalue weighted by Crippen LogP contribution is 2.32. The van der Waals surface area contributed by atoms with Gasteiger partial charge in [-0.25, -0.2) is 0 Å². The topological polar surface area (TPSA) is 39.7 Å². The Labute approximate surface area is 141 Å². The van der Waals surface area contributed by atoms with Gasteiger partial charge in [-0.1, -0.05) is 25.3 Å². The molecule has 118 valence electrons. The van der Waals surface area contributed by atoms with Crippen LogP contribution in [-0.4, -0.2) is 32.5 Å². The number of rotatable bonds is 8. The first-order chi connectivity index (χ1) is 10.3. The average Bonchev–Trinajstić information content (AvgIpc) is 2.55. The van der Waals surface area contributed by atoms with Gasteiger partial charge in [0.05, 0.1) is 0 Å². The summed E-state index contributed by atoms with van der Waals surface area (Å²) in [7, 11) is 1.80. The maximum absolute atomic E-state index is 5.96. The van der Waals surface area contributed by atoms with E-state index < -0.39 is 0 Å².